The Morgan fingerprint density at radius 3 is 2.17 bits per heavy atom. The third-order valence-corrected chi connectivity index (χ3v) is 2.65. The predicted octanol–water partition coefficient (Wildman–Crippen LogP) is 2.38. The maximum atomic E-state index is 11.4. The molecule has 0 unspecified atom stereocenters. The zero-order valence-corrected chi connectivity index (χ0v) is 12.1. The molecule has 0 radical (unpaired) electrons. The SMILES string of the molecule is CCCCCCCCC(=O)NCC(=O)NC(C)C. The van der Waals surface area contributed by atoms with Gasteiger partial charge in [0.2, 0.25) is 11.8 Å². The van der Waals surface area contributed by atoms with Crippen LogP contribution in [0.5, 0.6) is 0 Å². The first-order chi connectivity index (χ1) is 8.56. The monoisotopic (exact) mass is 256 g/mol. The lowest BCUT2D eigenvalue weighted by Crippen LogP contribution is -2.39. The summed E-state index contributed by atoms with van der Waals surface area (Å²) >= 11 is 0. The lowest BCUT2D eigenvalue weighted by atomic mass is 10.1. The van der Waals surface area contributed by atoms with Gasteiger partial charge in [-0.2, -0.15) is 0 Å². The molecule has 18 heavy (non-hydrogen) atoms. The molecule has 0 aromatic carbocycles. The van der Waals surface area contributed by atoms with Gasteiger partial charge in [-0.25, -0.2) is 0 Å². The molecular formula is C14H28N2O2. The van der Waals surface area contributed by atoms with E-state index in [0.717, 1.165) is 12.8 Å². The largest absolute Gasteiger partial charge is 0.352 e. The van der Waals surface area contributed by atoms with Crippen LogP contribution < -0.4 is 10.6 Å². The second-order valence-electron chi connectivity index (χ2n) is 5.02. The highest BCUT2D eigenvalue weighted by atomic mass is 16.2. The van der Waals surface area contributed by atoms with E-state index in [1.807, 2.05) is 13.8 Å². The highest BCUT2D eigenvalue weighted by Crippen LogP contribution is 2.06. The number of unbranched alkanes of at least 4 members (excludes halogenated alkanes) is 5. The van der Waals surface area contributed by atoms with Gasteiger partial charge in [-0.1, -0.05) is 39.0 Å². The number of carbonyl (C=O) groups excluding carboxylic acids is 2. The summed E-state index contributed by atoms with van der Waals surface area (Å²) in [5.74, 6) is -0.148. The molecule has 4 nitrogen and oxygen atoms in total. The maximum absolute atomic E-state index is 11.4. The Labute approximate surface area is 111 Å². The minimum absolute atomic E-state index is 0.0237. The van der Waals surface area contributed by atoms with E-state index in [2.05, 4.69) is 17.6 Å². The van der Waals surface area contributed by atoms with Gasteiger partial charge < -0.3 is 10.6 Å². The van der Waals surface area contributed by atoms with E-state index in [9.17, 15) is 9.59 Å². The Balaban J connectivity index is 3.40. The zero-order valence-electron chi connectivity index (χ0n) is 12.1. The van der Waals surface area contributed by atoms with Crippen molar-refractivity contribution < 1.29 is 9.59 Å². The van der Waals surface area contributed by atoms with Gasteiger partial charge in [0.25, 0.3) is 0 Å². The number of rotatable bonds is 10. The van der Waals surface area contributed by atoms with Crippen LogP contribution in [0.25, 0.3) is 0 Å². The third kappa shape index (κ3) is 11.4. The van der Waals surface area contributed by atoms with Crippen molar-refractivity contribution >= 4 is 11.8 Å². The number of hydrogen-bond donors (Lipinski definition) is 2. The van der Waals surface area contributed by atoms with Crippen molar-refractivity contribution in [3.63, 3.8) is 0 Å². The van der Waals surface area contributed by atoms with Crippen molar-refractivity contribution in [2.24, 2.45) is 0 Å². The Bertz CT molecular complexity index is 240. The molecule has 0 aromatic heterocycles. The van der Waals surface area contributed by atoms with E-state index in [0.29, 0.717) is 6.42 Å². The molecule has 106 valence electrons. The molecule has 0 aliphatic carbocycles. The van der Waals surface area contributed by atoms with Crippen LogP contribution >= 0.6 is 0 Å². The first kappa shape index (κ1) is 16.9. The third-order valence-electron chi connectivity index (χ3n) is 2.65. The second kappa shape index (κ2) is 11.1. The van der Waals surface area contributed by atoms with Gasteiger partial charge in [-0.3, -0.25) is 9.59 Å². The summed E-state index contributed by atoms with van der Waals surface area (Å²) in [6, 6.07) is 0.118. The minimum Gasteiger partial charge on any atom is -0.352 e. The molecule has 0 fully saturated rings. The molecular weight excluding hydrogens is 228 g/mol. The van der Waals surface area contributed by atoms with Crippen molar-refractivity contribution in [3.8, 4) is 0 Å². The van der Waals surface area contributed by atoms with Crippen LogP contribution in [0.15, 0.2) is 0 Å². The summed E-state index contributed by atoms with van der Waals surface area (Å²) in [4.78, 5) is 22.7. The van der Waals surface area contributed by atoms with E-state index in [1.165, 1.54) is 25.7 Å². The molecule has 0 atom stereocenters. The van der Waals surface area contributed by atoms with E-state index >= 15 is 0 Å². The fourth-order valence-corrected chi connectivity index (χ4v) is 1.71. The van der Waals surface area contributed by atoms with Crippen molar-refractivity contribution in [2.75, 3.05) is 6.54 Å². The van der Waals surface area contributed by atoms with E-state index in [-0.39, 0.29) is 24.4 Å². The fraction of sp³-hybridized carbons (Fsp3) is 0.857. The summed E-state index contributed by atoms with van der Waals surface area (Å²) in [6.07, 6.45) is 7.53. The van der Waals surface area contributed by atoms with Gasteiger partial charge in [0.05, 0.1) is 6.54 Å². The molecule has 0 aliphatic heterocycles. The highest BCUT2D eigenvalue weighted by Gasteiger charge is 2.05. The zero-order chi connectivity index (χ0) is 13.8. The van der Waals surface area contributed by atoms with E-state index < -0.39 is 0 Å². The van der Waals surface area contributed by atoms with Gasteiger partial charge >= 0.3 is 0 Å². The molecule has 2 N–H and O–H groups in total. The fourth-order valence-electron chi connectivity index (χ4n) is 1.71. The van der Waals surface area contributed by atoms with Gasteiger partial charge in [-0.15, -0.1) is 0 Å². The number of amides is 2. The molecule has 0 aromatic rings. The molecule has 0 aliphatic rings. The van der Waals surface area contributed by atoms with Crippen LogP contribution in [0.3, 0.4) is 0 Å². The highest BCUT2D eigenvalue weighted by molar-refractivity contribution is 5.84. The van der Waals surface area contributed by atoms with Gasteiger partial charge in [0.15, 0.2) is 0 Å². The summed E-state index contributed by atoms with van der Waals surface area (Å²) in [5, 5.41) is 5.37. The average Bonchev–Trinajstić information content (AvgIpc) is 2.30. The summed E-state index contributed by atoms with van der Waals surface area (Å²) in [6.45, 7) is 6.08. The van der Waals surface area contributed by atoms with Crippen LogP contribution in [-0.4, -0.2) is 24.4 Å². The van der Waals surface area contributed by atoms with Crippen molar-refractivity contribution in [1.29, 1.82) is 0 Å². The quantitative estimate of drug-likeness (QED) is 0.590. The van der Waals surface area contributed by atoms with Gasteiger partial charge in [0.1, 0.15) is 0 Å². The van der Waals surface area contributed by atoms with Crippen molar-refractivity contribution in [1.82, 2.24) is 10.6 Å². The Morgan fingerprint density at radius 2 is 1.56 bits per heavy atom. The Hall–Kier alpha value is -1.06. The van der Waals surface area contributed by atoms with E-state index in [4.69, 9.17) is 0 Å². The first-order valence-electron chi connectivity index (χ1n) is 7.12. The molecule has 0 saturated heterocycles. The molecule has 4 heteroatoms. The second-order valence-corrected chi connectivity index (χ2v) is 5.02. The molecule has 0 spiro atoms. The van der Waals surface area contributed by atoms with Crippen LogP contribution in [0.2, 0.25) is 0 Å². The Morgan fingerprint density at radius 1 is 0.944 bits per heavy atom. The van der Waals surface area contributed by atoms with Crippen LogP contribution in [0.4, 0.5) is 0 Å². The summed E-state index contributed by atoms with van der Waals surface area (Å²) < 4.78 is 0. The van der Waals surface area contributed by atoms with E-state index in [1.54, 1.807) is 0 Å². The number of carbonyl (C=O) groups is 2. The summed E-state index contributed by atoms with van der Waals surface area (Å²) in [7, 11) is 0. The normalized spacial score (nSPS) is 10.4. The van der Waals surface area contributed by atoms with Gasteiger partial charge in [0, 0.05) is 12.5 Å². The van der Waals surface area contributed by atoms with Crippen LogP contribution in [-0.2, 0) is 9.59 Å². The Kier molecular flexibility index (Phi) is 10.4. The topological polar surface area (TPSA) is 58.2 Å². The summed E-state index contributed by atoms with van der Waals surface area (Å²) in [5.41, 5.74) is 0. The average molecular weight is 256 g/mol. The van der Waals surface area contributed by atoms with Crippen LogP contribution in [0.1, 0.15) is 65.7 Å². The molecule has 0 rings (SSSR count). The minimum atomic E-state index is -0.124. The van der Waals surface area contributed by atoms with Crippen molar-refractivity contribution in [3.05, 3.63) is 0 Å². The maximum Gasteiger partial charge on any atom is 0.239 e. The first-order valence-corrected chi connectivity index (χ1v) is 7.12. The lowest BCUT2D eigenvalue weighted by Gasteiger charge is -2.09. The molecule has 0 saturated carbocycles. The smallest absolute Gasteiger partial charge is 0.239 e. The molecule has 0 bridgehead atoms. The number of hydrogen-bond acceptors (Lipinski definition) is 2. The van der Waals surface area contributed by atoms with Gasteiger partial charge in [-0.05, 0) is 20.3 Å². The standard InChI is InChI=1S/C14H28N2O2/c1-4-5-6-7-8-9-10-13(17)15-11-14(18)16-12(2)3/h12H,4-11H2,1-3H3,(H,15,17)(H,16,18). The number of nitrogens with one attached hydrogen (secondary N) is 2. The van der Waals surface area contributed by atoms with Crippen molar-refractivity contribution in [2.45, 2.75) is 71.8 Å². The molecule has 0 heterocycles. The predicted molar refractivity (Wildman–Crippen MR) is 74.3 cm³/mol. The van der Waals surface area contributed by atoms with Crippen LogP contribution in [0, 0.1) is 0 Å². The lowest BCUT2D eigenvalue weighted by molar-refractivity contribution is -0.126. The molecule has 2 amide bonds.